The van der Waals surface area contributed by atoms with E-state index < -0.39 is 26.7 Å². The SMILES string of the molecule is C[n+]1cccc(CC(O)(P(=O)([O-])[O-])P(=O)([O-])O)c1.[Na+].[Na+]. The van der Waals surface area contributed by atoms with Crippen LogP contribution in [0.4, 0.5) is 0 Å². The Labute approximate surface area is 160 Å². The van der Waals surface area contributed by atoms with Gasteiger partial charge in [-0.2, -0.15) is 0 Å². The molecule has 0 bridgehead atoms. The van der Waals surface area contributed by atoms with Crippen molar-refractivity contribution in [1.82, 2.24) is 0 Å². The minimum absolute atomic E-state index is 0. The van der Waals surface area contributed by atoms with Crippen molar-refractivity contribution in [2.75, 3.05) is 0 Å². The molecule has 1 rings (SSSR count). The summed E-state index contributed by atoms with van der Waals surface area (Å²) in [4.78, 5) is 41.5. The summed E-state index contributed by atoms with van der Waals surface area (Å²) in [5.41, 5.74) is 0.0690. The molecule has 0 amide bonds. The third kappa shape index (κ3) is 5.56. The molecule has 20 heavy (non-hydrogen) atoms. The molecule has 12 heteroatoms. The van der Waals surface area contributed by atoms with Gasteiger partial charge in [0.05, 0.1) is 0 Å². The first-order valence-electron chi connectivity index (χ1n) is 4.70. The van der Waals surface area contributed by atoms with Crippen LogP contribution in [0.1, 0.15) is 5.56 Å². The summed E-state index contributed by atoms with van der Waals surface area (Å²) in [5, 5.41) is 5.76. The number of nitrogens with zero attached hydrogens (tertiary/aromatic N) is 1. The molecule has 8 nitrogen and oxygen atoms in total. The van der Waals surface area contributed by atoms with E-state index in [4.69, 9.17) is 4.89 Å². The molecular formula is C8H11NNa2O7P2. The molecule has 1 aromatic rings. The summed E-state index contributed by atoms with van der Waals surface area (Å²) in [6.07, 6.45) is 1.85. The molecule has 0 aliphatic rings. The molecule has 2 atom stereocenters. The van der Waals surface area contributed by atoms with Crippen LogP contribution >= 0.6 is 15.2 Å². The molecule has 102 valence electrons. The fraction of sp³-hybridized carbons (Fsp3) is 0.375. The maximum Gasteiger partial charge on any atom is 1.00 e. The van der Waals surface area contributed by atoms with Crippen molar-refractivity contribution in [2.24, 2.45) is 7.05 Å². The largest absolute Gasteiger partial charge is 1.00 e. The minimum Gasteiger partial charge on any atom is -0.808 e. The van der Waals surface area contributed by atoms with Gasteiger partial charge in [-0.05, 0) is 13.7 Å². The summed E-state index contributed by atoms with van der Waals surface area (Å²) in [5.74, 6) is 0. The zero-order valence-electron chi connectivity index (χ0n) is 11.3. The Morgan fingerprint density at radius 2 is 1.80 bits per heavy atom. The van der Waals surface area contributed by atoms with Gasteiger partial charge < -0.3 is 33.8 Å². The van der Waals surface area contributed by atoms with E-state index in [1.54, 1.807) is 13.2 Å². The van der Waals surface area contributed by atoms with Crippen LogP contribution in [-0.2, 0) is 22.6 Å². The molecule has 0 fully saturated rings. The van der Waals surface area contributed by atoms with E-state index in [-0.39, 0.29) is 64.7 Å². The van der Waals surface area contributed by atoms with Gasteiger partial charge in [-0.25, -0.2) is 4.57 Å². The Balaban J connectivity index is 0. The number of aromatic nitrogens is 1. The zero-order chi connectivity index (χ0) is 14.2. The first-order chi connectivity index (χ1) is 7.97. The van der Waals surface area contributed by atoms with Gasteiger partial charge in [-0.3, -0.25) is 0 Å². The fourth-order valence-corrected chi connectivity index (χ4v) is 3.38. The summed E-state index contributed by atoms with van der Waals surface area (Å²) in [6.45, 7) is 0. The molecule has 0 aliphatic heterocycles. The third-order valence-electron chi connectivity index (χ3n) is 2.33. The standard InChI is InChI=1S/C8H13NO7P2.2Na/c1-9-4-2-3-7(6-9)5-8(10,17(11,12)13)18(14,15)16;;/h2-4,6,10H,5H2,1H3,(H3-,11,12,13,14,15,16);;/q;2*+1/p-2. The van der Waals surface area contributed by atoms with Gasteiger partial charge in [0.2, 0.25) is 0 Å². The number of hydrogen-bond donors (Lipinski definition) is 2. The number of aliphatic hydroxyl groups is 1. The molecule has 0 spiro atoms. The van der Waals surface area contributed by atoms with Crippen LogP contribution in [0.2, 0.25) is 0 Å². The van der Waals surface area contributed by atoms with Crippen LogP contribution < -0.4 is 78.4 Å². The van der Waals surface area contributed by atoms with E-state index in [9.17, 15) is 28.9 Å². The van der Waals surface area contributed by atoms with Crippen LogP contribution in [0, 0.1) is 0 Å². The van der Waals surface area contributed by atoms with E-state index in [1.807, 2.05) is 0 Å². The number of rotatable bonds is 4. The molecule has 0 saturated carbocycles. The van der Waals surface area contributed by atoms with Gasteiger partial charge in [0.15, 0.2) is 25.1 Å². The Hall–Kier alpha value is 1.41. The van der Waals surface area contributed by atoms with Crippen LogP contribution in [-0.4, -0.2) is 15.1 Å². The maximum absolute atomic E-state index is 10.9. The number of aryl methyl sites for hydroxylation is 1. The second-order valence-electron chi connectivity index (χ2n) is 3.85. The average molecular weight is 341 g/mol. The summed E-state index contributed by atoms with van der Waals surface area (Å²) < 4.78 is 23.3. The average Bonchev–Trinajstić information content (AvgIpc) is 2.13. The topological polar surface area (TPSA) is 148 Å². The fourth-order valence-electron chi connectivity index (χ4n) is 1.38. The van der Waals surface area contributed by atoms with Gasteiger partial charge in [0, 0.05) is 18.1 Å². The molecule has 1 aromatic heterocycles. The van der Waals surface area contributed by atoms with E-state index in [1.165, 1.54) is 22.9 Å². The van der Waals surface area contributed by atoms with Crippen molar-refractivity contribution in [3.05, 3.63) is 30.1 Å². The van der Waals surface area contributed by atoms with Crippen molar-refractivity contribution in [1.29, 1.82) is 0 Å². The van der Waals surface area contributed by atoms with Gasteiger partial charge >= 0.3 is 59.1 Å². The Bertz CT molecular complexity index is 521. The molecule has 0 aliphatic carbocycles. The Morgan fingerprint density at radius 1 is 1.30 bits per heavy atom. The van der Waals surface area contributed by atoms with Crippen LogP contribution in [0.3, 0.4) is 0 Å². The Kier molecular flexibility index (Phi) is 9.84. The van der Waals surface area contributed by atoms with E-state index in [0.717, 1.165) is 0 Å². The normalized spacial score (nSPS) is 17.1. The van der Waals surface area contributed by atoms with E-state index in [0.29, 0.717) is 0 Å². The summed E-state index contributed by atoms with van der Waals surface area (Å²) >= 11 is 0. The molecule has 0 aromatic carbocycles. The Morgan fingerprint density at radius 3 is 2.15 bits per heavy atom. The zero-order valence-corrected chi connectivity index (χ0v) is 17.1. The molecular weight excluding hydrogens is 330 g/mol. The molecule has 0 radical (unpaired) electrons. The van der Waals surface area contributed by atoms with Crippen LogP contribution in [0.5, 0.6) is 0 Å². The molecule has 2 N–H and O–H groups in total. The van der Waals surface area contributed by atoms with E-state index in [2.05, 4.69) is 0 Å². The van der Waals surface area contributed by atoms with Crippen molar-refractivity contribution >= 4 is 15.2 Å². The molecule has 1 heterocycles. The van der Waals surface area contributed by atoms with Gasteiger partial charge in [0.25, 0.3) is 0 Å². The number of hydrogen-bond acceptors (Lipinski definition) is 6. The van der Waals surface area contributed by atoms with Crippen molar-refractivity contribution < 1.29 is 97.5 Å². The molecule has 2 unspecified atom stereocenters. The minimum atomic E-state index is -5.97. The maximum atomic E-state index is 10.9. The predicted molar refractivity (Wildman–Crippen MR) is 53.7 cm³/mol. The second kappa shape index (κ2) is 8.31. The quantitative estimate of drug-likeness (QED) is 0.314. The summed E-state index contributed by atoms with van der Waals surface area (Å²) in [6, 6.07) is 2.78. The van der Waals surface area contributed by atoms with Crippen molar-refractivity contribution in [3.63, 3.8) is 0 Å². The van der Waals surface area contributed by atoms with Crippen molar-refractivity contribution in [3.8, 4) is 0 Å². The number of pyridine rings is 1. The first kappa shape index (κ1) is 23.7. The van der Waals surface area contributed by atoms with Gasteiger partial charge in [0.1, 0.15) is 7.05 Å². The monoisotopic (exact) mass is 341 g/mol. The second-order valence-corrected chi connectivity index (χ2v) is 7.71. The third-order valence-corrected chi connectivity index (χ3v) is 5.93. The summed E-state index contributed by atoms with van der Waals surface area (Å²) in [7, 11) is -10.2. The van der Waals surface area contributed by atoms with Crippen molar-refractivity contribution in [2.45, 2.75) is 11.5 Å². The van der Waals surface area contributed by atoms with Gasteiger partial charge in [-0.15, -0.1) is 0 Å². The first-order valence-corrected chi connectivity index (χ1v) is 7.82. The molecule has 0 saturated heterocycles. The van der Waals surface area contributed by atoms with Crippen LogP contribution in [0.15, 0.2) is 24.5 Å². The van der Waals surface area contributed by atoms with E-state index >= 15 is 0 Å². The van der Waals surface area contributed by atoms with Crippen LogP contribution in [0.25, 0.3) is 0 Å². The van der Waals surface area contributed by atoms with Gasteiger partial charge in [-0.1, -0.05) is 0 Å². The predicted octanol–water partition coefficient (Wildman–Crippen LogP) is -8.83. The smallest absolute Gasteiger partial charge is 0.808 e.